The minimum atomic E-state index is -0.727. The topological polar surface area (TPSA) is 66.8 Å². The van der Waals surface area contributed by atoms with Crippen LogP contribution in [-0.4, -0.2) is 23.4 Å². The lowest BCUT2D eigenvalue weighted by Crippen LogP contribution is -2.29. The Balaban J connectivity index is 1.88. The lowest BCUT2D eigenvalue weighted by Gasteiger charge is -2.25. The second-order valence-corrected chi connectivity index (χ2v) is 7.38. The zero-order chi connectivity index (χ0) is 22.0. The van der Waals surface area contributed by atoms with Gasteiger partial charge in [0.2, 0.25) is 0 Å². The van der Waals surface area contributed by atoms with E-state index in [1.807, 2.05) is 62.4 Å². The zero-order valence-corrected chi connectivity index (χ0v) is 17.4. The van der Waals surface area contributed by atoms with Gasteiger partial charge in [0, 0.05) is 11.3 Å². The van der Waals surface area contributed by atoms with Crippen molar-refractivity contribution >= 4 is 23.1 Å². The van der Waals surface area contributed by atoms with Gasteiger partial charge in [-0.1, -0.05) is 42.5 Å². The van der Waals surface area contributed by atoms with Crippen LogP contribution in [0.15, 0.2) is 84.4 Å². The Kier molecular flexibility index (Phi) is 5.58. The minimum Gasteiger partial charge on any atom is -0.507 e. The smallest absolute Gasteiger partial charge is 0.300 e. The number of anilines is 1. The normalized spacial score (nSPS) is 17.7. The van der Waals surface area contributed by atoms with E-state index in [-0.39, 0.29) is 11.3 Å². The van der Waals surface area contributed by atoms with Crippen molar-refractivity contribution in [2.24, 2.45) is 0 Å². The Morgan fingerprint density at radius 2 is 1.68 bits per heavy atom. The minimum absolute atomic E-state index is 0.0712. The molecule has 1 heterocycles. The quantitative estimate of drug-likeness (QED) is 0.362. The number of aryl methyl sites for hydroxylation is 1. The van der Waals surface area contributed by atoms with E-state index < -0.39 is 17.7 Å². The summed E-state index contributed by atoms with van der Waals surface area (Å²) in [7, 11) is 0. The van der Waals surface area contributed by atoms with E-state index in [9.17, 15) is 14.7 Å². The first-order valence-corrected chi connectivity index (χ1v) is 10.2. The molecule has 1 atom stereocenters. The summed E-state index contributed by atoms with van der Waals surface area (Å²) in [4.78, 5) is 27.7. The molecule has 0 radical (unpaired) electrons. The Bertz CT molecular complexity index is 1150. The van der Waals surface area contributed by atoms with Crippen LogP contribution in [0.2, 0.25) is 0 Å². The molecule has 156 valence electrons. The van der Waals surface area contributed by atoms with E-state index in [1.54, 1.807) is 30.3 Å². The third-order valence-electron chi connectivity index (χ3n) is 5.28. The third-order valence-corrected chi connectivity index (χ3v) is 5.28. The molecule has 0 bridgehead atoms. The second kappa shape index (κ2) is 8.48. The average Bonchev–Trinajstić information content (AvgIpc) is 3.05. The van der Waals surface area contributed by atoms with Crippen molar-refractivity contribution < 1.29 is 19.4 Å². The number of Topliss-reactive ketones (excluding diaryl/α,β-unsaturated/α-hetero) is 1. The molecule has 5 nitrogen and oxygen atoms in total. The first-order chi connectivity index (χ1) is 15.0. The Morgan fingerprint density at radius 3 is 2.32 bits per heavy atom. The molecular weight excluding hydrogens is 390 g/mol. The summed E-state index contributed by atoms with van der Waals surface area (Å²) < 4.78 is 5.45. The lowest BCUT2D eigenvalue weighted by molar-refractivity contribution is -0.132. The van der Waals surface area contributed by atoms with Crippen LogP contribution in [0.1, 0.15) is 29.7 Å². The van der Waals surface area contributed by atoms with Crippen LogP contribution in [0, 0.1) is 6.92 Å². The highest BCUT2D eigenvalue weighted by Crippen LogP contribution is 2.42. The first kappa shape index (κ1) is 20.4. The molecule has 1 N–H and O–H groups in total. The monoisotopic (exact) mass is 413 g/mol. The van der Waals surface area contributed by atoms with E-state index in [2.05, 4.69) is 0 Å². The van der Waals surface area contributed by atoms with Gasteiger partial charge in [-0.2, -0.15) is 0 Å². The molecule has 0 spiro atoms. The number of hydrogen-bond donors (Lipinski definition) is 1. The molecule has 1 unspecified atom stereocenters. The molecule has 1 amide bonds. The predicted molar refractivity (Wildman–Crippen MR) is 120 cm³/mol. The van der Waals surface area contributed by atoms with Crippen molar-refractivity contribution in [3.8, 4) is 5.75 Å². The maximum atomic E-state index is 13.1. The maximum Gasteiger partial charge on any atom is 0.300 e. The summed E-state index contributed by atoms with van der Waals surface area (Å²) in [6.07, 6.45) is 0. The molecule has 0 aliphatic carbocycles. The number of ketones is 1. The van der Waals surface area contributed by atoms with Gasteiger partial charge in [-0.15, -0.1) is 0 Å². The largest absolute Gasteiger partial charge is 0.507 e. The summed E-state index contributed by atoms with van der Waals surface area (Å²) in [5.74, 6) is -0.905. The molecule has 0 saturated carbocycles. The highest BCUT2D eigenvalue weighted by atomic mass is 16.5. The number of carbonyl (C=O) groups excluding carboxylic acids is 2. The van der Waals surface area contributed by atoms with E-state index in [0.29, 0.717) is 23.6 Å². The number of nitrogens with zero attached hydrogens (tertiary/aromatic N) is 1. The molecule has 31 heavy (non-hydrogen) atoms. The van der Waals surface area contributed by atoms with Crippen molar-refractivity contribution in [1.82, 2.24) is 0 Å². The van der Waals surface area contributed by atoms with Crippen LogP contribution >= 0.6 is 0 Å². The van der Waals surface area contributed by atoms with Gasteiger partial charge in [0.05, 0.1) is 18.2 Å². The lowest BCUT2D eigenvalue weighted by atomic mass is 9.95. The van der Waals surface area contributed by atoms with Gasteiger partial charge in [-0.25, -0.2) is 0 Å². The number of benzene rings is 3. The molecule has 3 aromatic rings. The number of rotatable bonds is 5. The fourth-order valence-electron chi connectivity index (χ4n) is 3.86. The molecule has 5 heteroatoms. The Morgan fingerprint density at radius 1 is 0.968 bits per heavy atom. The van der Waals surface area contributed by atoms with E-state index in [1.165, 1.54) is 4.90 Å². The number of carbonyl (C=O) groups is 2. The van der Waals surface area contributed by atoms with Crippen molar-refractivity contribution in [3.63, 3.8) is 0 Å². The number of aliphatic hydroxyl groups is 1. The van der Waals surface area contributed by atoms with Gasteiger partial charge < -0.3 is 9.84 Å². The predicted octanol–water partition coefficient (Wildman–Crippen LogP) is 5.02. The first-order valence-electron chi connectivity index (χ1n) is 10.2. The maximum absolute atomic E-state index is 13.1. The summed E-state index contributed by atoms with van der Waals surface area (Å²) >= 11 is 0. The number of aliphatic hydroxyl groups excluding tert-OH is 1. The molecule has 4 rings (SSSR count). The van der Waals surface area contributed by atoms with Gasteiger partial charge in [0.15, 0.2) is 0 Å². The van der Waals surface area contributed by atoms with Crippen LogP contribution in [0.5, 0.6) is 5.75 Å². The van der Waals surface area contributed by atoms with Crippen molar-refractivity contribution in [3.05, 3.63) is 101 Å². The standard InChI is InChI=1S/C26H23NO4/c1-3-31-21-14-12-19(13-15-21)24(28)22-23(18-9-5-4-6-10-18)27(26(30)25(22)29)20-11-7-8-17(2)16-20/h4-16,23,28H,3H2,1-2H3/b24-22+. The molecule has 3 aromatic carbocycles. The van der Waals surface area contributed by atoms with Gasteiger partial charge in [0.25, 0.3) is 11.7 Å². The molecule has 1 saturated heterocycles. The van der Waals surface area contributed by atoms with Crippen LogP contribution in [-0.2, 0) is 9.59 Å². The highest BCUT2D eigenvalue weighted by Gasteiger charge is 2.46. The Labute approximate surface area is 181 Å². The van der Waals surface area contributed by atoms with Gasteiger partial charge in [0.1, 0.15) is 11.5 Å². The number of amides is 1. The van der Waals surface area contributed by atoms with Crippen LogP contribution < -0.4 is 9.64 Å². The van der Waals surface area contributed by atoms with E-state index >= 15 is 0 Å². The summed E-state index contributed by atoms with van der Waals surface area (Å²) in [6.45, 7) is 4.35. The zero-order valence-electron chi connectivity index (χ0n) is 17.4. The van der Waals surface area contributed by atoms with Crippen LogP contribution in [0.4, 0.5) is 5.69 Å². The number of hydrogen-bond acceptors (Lipinski definition) is 4. The molecule has 1 fully saturated rings. The van der Waals surface area contributed by atoms with Crippen molar-refractivity contribution in [2.45, 2.75) is 19.9 Å². The molecule has 0 aromatic heterocycles. The molecule has 1 aliphatic heterocycles. The van der Waals surface area contributed by atoms with Gasteiger partial charge in [-0.05, 0) is 61.4 Å². The molecule has 1 aliphatic rings. The Hall–Kier alpha value is -3.86. The summed E-state index contributed by atoms with van der Waals surface area (Å²) in [5.41, 5.74) is 2.85. The van der Waals surface area contributed by atoms with E-state index in [0.717, 1.165) is 11.1 Å². The highest BCUT2D eigenvalue weighted by molar-refractivity contribution is 6.51. The van der Waals surface area contributed by atoms with Crippen molar-refractivity contribution in [2.75, 3.05) is 11.5 Å². The average molecular weight is 413 g/mol. The molecular formula is C26H23NO4. The SMILES string of the molecule is CCOc1ccc(/C(O)=C2\C(=O)C(=O)N(c3cccc(C)c3)C2c2ccccc2)cc1. The third kappa shape index (κ3) is 3.82. The van der Waals surface area contributed by atoms with E-state index in [4.69, 9.17) is 4.74 Å². The fourth-order valence-corrected chi connectivity index (χ4v) is 3.86. The summed E-state index contributed by atoms with van der Waals surface area (Å²) in [5, 5.41) is 11.1. The van der Waals surface area contributed by atoms with Crippen LogP contribution in [0.3, 0.4) is 0 Å². The fraction of sp³-hybridized carbons (Fsp3) is 0.154. The summed E-state index contributed by atoms with van der Waals surface area (Å²) in [6, 6.07) is 22.8. The second-order valence-electron chi connectivity index (χ2n) is 7.38. The van der Waals surface area contributed by atoms with Crippen molar-refractivity contribution in [1.29, 1.82) is 0 Å². The van der Waals surface area contributed by atoms with Gasteiger partial charge in [-0.3, -0.25) is 14.5 Å². The van der Waals surface area contributed by atoms with Crippen LogP contribution in [0.25, 0.3) is 5.76 Å². The van der Waals surface area contributed by atoms with Gasteiger partial charge >= 0.3 is 0 Å². The number of ether oxygens (including phenoxy) is 1.